The summed E-state index contributed by atoms with van der Waals surface area (Å²) >= 11 is 3.50. The largest absolute Gasteiger partial charge is 0.362 e. The van der Waals surface area contributed by atoms with Crippen molar-refractivity contribution in [1.29, 1.82) is 0 Å². The number of carbonyl (C=O) groups excluding carboxylic acids is 2. The maximum atomic E-state index is 12.9. The molecule has 2 amide bonds. The quantitative estimate of drug-likeness (QED) is 0.385. The number of nitrogens with one attached hydrogen (secondary N) is 2. The number of aromatic nitrogens is 1. The van der Waals surface area contributed by atoms with Crippen molar-refractivity contribution in [3.8, 4) is 0 Å². The molecule has 0 fully saturated rings. The molecular formula is C22H28BrN3O3. The van der Waals surface area contributed by atoms with Gasteiger partial charge in [0.1, 0.15) is 10.7 Å². The molecule has 1 atom stereocenters. The summed E-state index contributed by atoms with van der Waals surface area (Å²) in [6, 6.07) is 10.8. The molecule has 0 saturated carbocycles. The SMILES string of the molecule is CCCCNC(=O)c1nc(C)ccc1C(=O)Nc1cccc(C(Br)OCCC)c1. The topological polar surface area (TPSA) is 80.3 Å². The summed E-state index contributed by atoms with van der Waals surface area (Å²) in [6.45, 7) is 7.08. The number of pyridine rings is 1. The number of nitrogens with zero attached hydrogens (tertiary/aromatic N) is 1. The minimum atomic E-state index is -0.379. The van der Waals surface area contributed by atoms with Gasteiger partial charge in [0.15, 0.2) is 0 Å². The average molecular weight is 462 g/mol. The third-order valence-electron chi connectivity index (χ3n) is 4.18. The minimum Gasteiger partial charge on any atom is -0.362 e. The van der Waals surface area contributed by atoms with Crippen molar-refractivity contribution in [1.82, 2.24) is 10.3 Å². The minimum absolute atomic E-state index is 0.138. The molecule has 0 bridgehead atoms. The second-order valence-corrected chi connectivity index (χ2v) is 7.56. The number of rotatable bonds is 10. The van der Waals surface area contributed by atoms with Gasteiger partial charge in [-0.1, -0.05) is 48.3 Å². The van der Waals surface area contributed by atoms with Crippen molar-refractivity contribution < 1.29 is 14.3 Å². The second kappa shape index (κ2) is 11.7. The van der Waals surface area contributed by atoms with Crippen LogP contribution in [0.15, 0.2) is 36.4 Å². The third kappa shape index (κ3) is 6.94. The van der Waals surface area contributed by atoms with E-state index in [1.165, 1.54) is 0 Å². The zero-order valence-corrected chi connectivity index (χ0v) is 18.7. The zero-order valence-electron chi connectivity index (χ0n) is 17.1. The van der Waals surface area contributed by atoms with E-state index in [4.69, 9.17) is 4.74 Å². The number of hydrogen-bond acceptors (Lipinski definition) is 4. The van der Waals surface area contributed by atoms with Gasteiger partial charge in [-0.25, -0.2) is 4.98 Å². The van der Waals surface area contributed by atoms with Crippen LogP contribution in [0.4, 0.5) is 5.69 Å². The molecule has 1 unspecified atom stereocenters. The van der Waals surface area contributed by atoms with Crippen LogP contribution in [0.3, 0.4) is 0 Å². The first-order valence-electron chi connectivity index (χ1n) is 9.89. The fourth-order valence-corrected chi connectivity index (χ4v) is 3.12. The predicted octanol–water partition coefficient (Wildman–Crippen LogP) is 4.99. The van der Waals surface area contributed by atoms with E-state index in [1.54, 1.807) is 25.1 Å². The van der Waals surface area contributed by atoms with Gasteiger partial charge >= 0.3 is 0 Å². The highest BCUT2D eigenvalue weighted by Gasteiger charge is 2.19. The highest BCUT2D eigenvalue weighted by atomic mass is 79.9. The van der Waals surface area contributed by atoms with Crippen molar-refractivity contribution in [2.45, 2.75) is 45.0 Å². The Balaban J connectivity index is 2.17. The Morgan fingerprint density at radius 3 is 2.66 bits per heavy atom. The van der Waals surface area contributed by atoms with Gasteiger partial charge in [-0.2, -0.15) is 0 Å². The summed E-state index contributed by atoms with van der Waals surface area (Å²) in [7, 11) is 0. The fourth-order valence-electron chi connectivity index (χ4n) is 2.65. The summed E-state index contributed by atoms with van der Waals surface area (Å²) in [4.78, 5) is 29.7. The maximum absolute atomic E-state index is 12.9. The van der Waals surface area contributed by atoms with Crippen molar-refractivity contribution >= 4 is 33.4 Å². The van der Waals surface area contributed by atoms with E-state index in [-0.39, 0.29) is 28.1 Å². The number of ether oxygens (including phenoxy) is 1. The first kappa shape index (κ1) is 23.0. The average Bonchev–Trinajstić information content (AvgIpc) is 2.72. The number of halogens is 1. The molecule has 0 aliphatic heterocycles. The molecule has 29 heavy (non-hydrogen) atoms. The predicted molar refractivity (Wildman–Crippen MR) is 119 cm³/mol. The summed E-state index contributed by atoms with van der Waals surface area (Å²) in [6.07, 6.45) is 2.77. The lowest BCUT2D eigenvalue weighted by Crippen LogP contribution is -2.28. The number of amides is 2. The number of hydrogen-bond donors (Lipinski definition) is 2. The van der Waals surface area contributed by atoms with Gasteiger partial charge < -0.3 is 15.4 Å². The molecule has 0 saturated heterocycles. The molecule has 0 spiro atoms. The van der Waals surface area contributed by atoms with E-state index in [0.717, 1.165) is 24.8 Å². The van der Waals surface area contributed by atoms with Crippen molar-refractivity contribution in [3.05, 3.63) is 58.9 Å². The first-order chi connectivity index (χ1) is 14.0. The van der Waals surface area contributed by atoms with Gasteiger partial charge in [-0.05, 0) is 49.6 Å². The highest BCUT2D eigenvalue weighted by molar-refractivity contribution is 9.09. The van der Waals surface area contributed by atoms with Gasteiger partial charge in [0.25, 0.3) is 11.8 Å². The third-order valence-corrected chi connectivity index (χ3v) is 4.98. The van der Waals surface area contributed by atoms with Crippen LogP contribution in [-0.4, -0.2) is 29.9 Å². The van der Waals surface area contributed by atoms with E-state index >= 15 is 0 Å². The molecule has 2 aromatic rings. The number of anilines is 1. The van der Waals surface area contributed by atoms with Crippen LogP contribution in [0, 0.1) is 6.92 Å². The van der Waals surface area contributed by atoms with E-state index in [9.17, 15) is 9.59 Å². The molecule has 0 aliphatic carbocycles. The van der Waals surface area contributed by atoms with Crippen LogP contribution in [0.5, 0.6) is 0 Å². The Bertz CT molecular complexity index is 842. The molecule has 1 heterocycles. The number of carbonyl (C=O) groups is 2. The van der Waals surface area contributed by atoms with E-state index in [2.05, 4.69) is 38.5 Å². The molecular weight excluding hydrogens is 434 g/mol. The molecule has 7 heteroatoms. The van der Waals surface area contributed by atoms with Gasteiger partial charge in [0, 0.05) is 24.5 Å². The van der Waals surface area contributed by atoms with E-state index < -0.39 is 0 Å². The molecule has 0 radical (unpaired) electrons. The molecule has 156 valence electrons. The molecule has 1 aromatic carbocycles. The van der Waals surface area contributed by atoms with Crippen LogP contribution in [0.2, 0.25) is 0 Å². The summed E-state index contributed by atoms with van der Waals surface area (Å²) in [5, 5.41) is 5.43. The Hall–Kier alpha value is -2.25. The number of alkyl halides is 1. The Labute approximate surface area is 180 Å². The Morgan fingerprint density at radius 1 is 1.14 bits per heavy atom. The van der Waals surface area contributed by atoms with E-state index in [0.29, 0.717) is 24.5 Å². The van der Waals surface area contributed by atoms with Gasteiger partial charge in [-0.15, -0.1) is 0 Å². The number of aryl methyl sites for hydroxylation is 1. The van der Waals surface area contributed by atoms with Crippen LogP contribution in [0.1, 0.15) is 70.2 Å². The highest BCUT2D eigenvalue weighted by Crippen LogP contribution is 2.26. The molecule has 2 rings (SSSR count). The Morgan fingerprint density at radius 2 is 1.93 bits per heavy atom. The molecule has 6 nitrogen and oxygen atoms in total. The molecule has 1 aromatic heterocycles. The van der Waals surface area contributed by atoms with Gasteiger partial charge in [-0.3, -0.25) is 9.59 Å². The second-order valence-electron chi connectivity index (χ2n) is 6.72. The normalized spacial score (nSPS) is 11.7. The smallest absolute Gasteiger partial charge is 0.270 e. The summed E-state index contributed by atoms with van der Waals surface area (Å²) in [5.74, 6) is -0.717. The lowest BCUT2D eigenvalue weighted by Gasteiger charge is -2.14. The monoisotopic (exact) mass is 461 g/mol. The summed E-state index contributed by atoms with van der Waals surface area (Å²) in [5.41, 5.74) is 2.58. The zero-order chi connectivity index (χ0) is 21.2. The van der Waals surface area contributed by atoms with Gasteiger partial charge in [0.2, 0.25) is 0 Å². The standard InChI is InChI=1S/C22H28BrN3O3/c1-4-6-12-24-22(28)19-18(11-10-15(3)25-19)21(27)26-17-9-7-8-16(14-17)20(23)29-13-5-2/h7-11,14,20H,4-6,12-13H2,1-3H3,(H,24,28)(H,26,27). The van der Waals surface area contributed by atoms with Gasteiger partial charge in [0.05, 0.1) is 5.56 Å². The lowest BCUT2D eigenvalue weighted by molar-refractivity contribution is 0.0934. The summed E-state index contributed by atoms with van der Waals surface area (Å²) < 4.78 is 5.67. The Kier molecular flexibility index (Phi) is 9.28. The lowest BCUT2D eigenvalue weighted by atomic mass is 10.1. The molecule has 2 N–H and O–H groups in total. The number of benzene rings is 1. The first-order valence-corrected chi connectivity index (χ1v) is 10.8. The van der Waals surface area contributed by atoms with Crippen molar-refractivity contribution in [2.75, 3.05) is 18.5 Å². The fraction of sp³-hybridized carbons (Fsp3) is 0.409. The maximum Gasteiger partial charge on any atom is 0.270 e. The number of unbranched alkanes of at least 4 members (excludes halogenated alkanes) is 1. The van der Waals surface area contributed by atoms with Crippen LogP contribution in [-0.2, 0) is 4.74 Å². The molecule has 0 aliphatic rings. The van der Waals surface area contributed by atoms with Crippen LogP contribution < -0.4 is 10.6 Å². The van der Waals surface area contributed by atoms with Crippen molar-refractivity contribution in [2.24, 2.45) is 0 Å². The van der Waals surface area contributed by atoms with E-state index in [1.807, 2.05) is 25.1 Å². The van der Waals surface area contributed by atoms with Crippen LogP contribution >= 0.6 is 15.9 Å². The van der Waals surface area contributed by atoms with Crippen LogP contribution in [0.25, 0.3) is 0 Å². The van der Waals surface area contributed by atoms with Crippen molar-refractivity contribution in [3.63, 3.8) is 0 Å².